The van der Waals surface area contributed by atoms with Gasteiger partial charge in [-0.05, 0) is 51.7 Å². The molecule has 0 aromatic heterocycles. The molecule has 2 rings (SSSR count). The van der Waals surface area contributed by atoms with Crippen LogP contribution in [0.15, 0.2) is 18.2 Å². The number of nitrogens with one attached hydrogen (secondary N) is 1. The van der Waals surface area contributed by atoms with Gasteiger partial charge in [0, 0.05) is 6.54 Å². The molecular formula is C19H30N2O2. The summed E-state index contributed by atoms with van der Waals surface area (Å²) < 4.78 is 5.70. The normalized spacial score (nSPS) is 17.3. The van der Waals surface area contributed by atoms with Crippen LogP contribution in [0.1, 0.15) is 61.0 Å². The van der Waals surface area contributed by atoms with Crippen molar-refractivity contribution < 1.29 is 9.53 Å². The lowest BCUT2D eigenvalue weighted by Gasteiger charge is -2.46. The predicted octanol–water partition coefficient (Wildman–Crippen LogP) is 4.93. The Morgan fingerprint density at radius 1 is 1.17 bits per heavy atom. The first-order valence-electron chi connectivity index (χ1n) is 8.23. The van der Waals surface area contributed by atoms with Crippen molar-refractivity contribution in [3.8, 4) is 0 Å². The third kappa shape index (κ3) is 3.62. The summed E-state index contributed by atoms with van der Waals surface area (Å²) in [4.78, 5) is 14.8. The van der Waals surface area contributed by atoms with E-state index in [1.54, 1.807) is 0 Å². The van der Waals surface area contributed by atoms with Gasteiger partial charge in [0.15, 0.2) is 0 Å². The fraction of sp³-hybridized carbons (Fsp3) is 0.632. The summed E-state index contributed by atoms with van der Waals surface area (Å²) >= 11 is 0. The molecule has 4 heteroatoms. The fourth-order valence-corrected chi connectivity index (χ4v) is 2.87. The molecule has 1 aromatic carbocycles. The average molecular weight is 318 g/mol. The topological polar surface area (TPSA) is 41.6 Å². The maximum Gasteiger partial charge on any atom is 0.415 e. The van der Waals surface area contributed by atoms with E-state index in [9.17, 15) is 4.79 Å². The van der Waals surface area contributed by atoms with Crippen LogP contribution < -0.4 is 10.2 Å². The van der Waals surface area contributed by atoms with Gasteiger partial charge in [-0.1, -0.05) is 32.9 Å². The van der Waals surface area contributed by atoms with Crippen LogP contribution in [0.2, 0.25) is 0 Å². The van der Waals surface area contributed by atoms with Crippen LogP contribution in [0, 0.1) is 0 Å². The van der Waals surface area contributed by atoms with Crippen LogP contribution in [0.25, 0.3) is 0 Å². The van der Waals surface area contributed by atoms with E-state index in [0.29, 0.717) is 6.54 Å². The number of amides is 1. The number of anilines is 2. The second kappa shape index (κ2) is 5.43. The molecule has 0 aliphatic carbocycles. The van der Waals surface area contributed by atoms with Gasteiger partial charge >= 0.3 is 6.09 Å². The summed E-state index contributed by atoms with van der Waals surface area (Å²) in [6, 6.07) is 6.16. The summed E-state index contributed by atoms with van der Waals surface area (Å²) in [5, 5.41) is 3.46. The third-order valence-corrected chi connectivity index (χ3v) is 3.96. The second-order valence-corrected chi connectivity index (χ2v) is 8.93. The Morgan fingerprint density at radius 2 is 1.78 bits per heavy atom. The number of carbonyl (C=O) groups is 1. The van der Waals surface area contributed by atoms with Gasteiger partial charge in [-0.3, -0.25) is 4.90 Å². The van der Waals surface area contributed by atoms with Crippen molar-refractivity contribution in [2.45, 2.75) is 71.9 Å². The first-order chi connectivity index (χ1) is 10.3. The Balaban J connectivity index is 2.61. The van der Waals surface area contributed by atoms with Gasteiger partial charge in [-0.25, -0.2) is 4.79 Å². The average Bonchev–Trinajstić information content (AvgIpc) is 2.33. The number of rotatable bonds is 0. The molecule has 1 aliphatic rings. The van der Waals surface area contributed by atoms with Gasteiger partial charge in [0.2, 0.25) is 0 Å². The zero-order valence-electron chi connectivity index (χ0n) is 15.7. The molecule has 0 radical (unpaired) electrons. The van der Waals surface area contributed by atoms with Gasteiger partial charge < -0.3 is 10.1 Å². The molecule has 0 atom stereocenters. The van der Waals surface area contributed by atoms with E-state index < -0.39 is 5.60 Å². The van der Waals surface area contributed by atoms with Crippen LogP contribution in [0.4, 0.5) is 16.2 Å². The summed E-state index contributed by atoms with van der Waals surface area (Å²) in [7, 11) is 0. The highest BCUT2D eigenvalue weighted by Gasteiger charge is 2.41. The molecule has 0 saturated carbocycles. The van der Waals surface area contributed by atoms with Crippen molar-refractivity contribution in [2.24, 2.45) is 0 Å². The van der Waals surface area contributed by atoms with Crippen molar-refractivity contribution in [3.63, 3.8) is 0 Å². The highest BCUT2D eigenvalue weighted by molar-refractivity contribution is 5.97. The van der Waals surface area contributed by atoms with Gasteiger partial charge in [-0.15, -0.1) is 0 Å². The van der Waals surface area contributed by atoms with Crippen molar-refractivity contribution >= 4 is 17.5 Å². The van der Waals surface area contributed by atoms with Crippen LogP contribution in [0.5, 0.6) is 0 Å². The van der Waals surface area contributed by atoms with E-state index in [1.807, 2.05) is 37.8 Å². The zero-order chi connectivity index (χ0) is 17.6. The molecule has 23 heavy (non-hydrogen) atoms. The van der Waals surface area contributed by atoms with Gasteiger partial charge in [0.1, 0.15) is 5.60 Å². The Kier molecular flexibility index (Phi) is 4.16. The minimum absolute atomic E-state index is 0.0687. The Labute approximate surface area is 140 Å². The number of para-hydroxylation sites is 1. The minimum Gasteiger partial charge on any atom is -0.443 e. The number of ether oxygens (including phenoxy) is 1. The lowest BCUT2D eigenvalue weighted by molar-refractivity contribution is 0.0546. The van der Waals surface area contributed by atoms with E-state index in [2.05, 4.69) is 46.0 Å². The SMILES string of the molecule is CC(C)(C)OC(=O)N1c2c(cccc2C(C)(C)C)NCC1(C)C. The molecular weight excluding hydrogens is 288 g/mol. The molecule has 0 bridgehead atoms. The zero-order valence-corrected chi connectivity index (χ0v) is 15.7. The number of hydrogen-bond acceptors (Lipinski definition) is 3. The third-order valence-electron chi connectivity index (χ3n) is 3.96. The van der Waals surface area contributed by atoms with Gasteiger partial charge in [-0.2, -0.15) is 0 Å². The molecule has 0 fully saturated rings. The maximum atomic E-state index is 12.9. The van der Waals surface area contributed by atoms with E-state index in [4.69, 9.17) is 4.74 Å². The second-order valence-electron chi connectivity index (χ2n) is 8.93. The van der Waals surface area contributed by atoms with E-state index in [0.717, 1.165) is 16.9 Å². The molecule has 0 unspecified atom stereocenters. The van der Waals surface area contributed by atoms with Gasteiger partial charge in [0.25, 0.3) is 0 Å². The van der Waals surface area contributed by atoms with Crippen LogP contribution in [0.3, 0.4) is 0 Å². The Bertz CT molecular complexity index is 607. The number of fused-ring (bicyclic) bond motifs is 1. The standard InChI is InChI=1S/C19H30N2O2/c1-17(2,3)13-10-9-11-14-15(13)21(19(7,8)12-20-14)16(22)23-18(4,5)6/h9-11,20H,12H2,1-8H3. The summed E-state index contributed by atoms with van der Waals surface area (Å²) in [5.41, 5.74) is 2.11. The largest absolute Gasteiger partial charge is 0.443 e. The minimum atomic E-state index is -0.519. The maximum absolute atomic E-state index is 12.9. The molecule has 4 nitrogen and oxygen atoms in total. The number of hydrogen-bond donors (Lipinski definition) is 1. The molecule has 128 valence electrons. The van der Waals surface area contributed by atoms with Gasteiger partial charge in [0.05, 0.1) is 16.9 Å². The lowest BCUT2D eigenvalue weighted by atomic mass is 9.83. The Morgan fingerprint density at radius 3 is 2.30 bits per heavy atom. The molecule has 1 heterocycles. The number of nitrogens with zero attached hydrogens (tertiary/aromatic N) is 1. The number of benzene rings is 1. The predicted molar refractivity (Wildman–Crippen MR) is 96.4 cm³/mol. The fourth-order valence-electron chi connectivity index (χ4n) is 2.87. The van der Waals surface area contributed by atoms with E-state index in [-0.39, 0.29) is 17.0 Å². The van der Waals surface area contributed by atoms with Crippen LogP contribution in [-0.2, 0) is 10.2 Å². The quantitative estimate of drug-likeness (QED) is 0.737. The molecule has 1 N–H and O–H groups in total. The summed E-state index contributed by atoms with van der Waals surface area (Å²) in [6.45, 7) is 17.0. The monoisotopic (exact) mass is 318 g/mol. The van der Waals surface area contributed by atoms with Crippen LogP contribution in [-0.4, -0.2) is 23.8 Å². The summed E-state index contributed by atoms with van der Waals surface area (Å²) in [5.74, 6) is 0. The molecule has 1 aromatic rings. The highest BCUT2D eigenvalue weighted by atomic mass is 16.6. The number of carbonyl (C=O) groups excluding carboxylic acids is 1. The molecule has 1 amide bonds. The van der Waals surface area contributed by atoms with E-state index >= 15 is 0 Å². The molecule has 0 spiro atoms. The smallest absolute Gasteiger partial charge is 0.415 e. The first-order valence-corrected chi connectivity index (χ1v) is 8.23. The van der Waals surface area contributed by atoms with Crippen molar-refractivity contribution in [2.75, 3.05) is 16.8 Å². The lowest BCUT2D eigenvalue weighted by Crippen LogP contribution is -2.56. The molecule has 0 saturated heterocycles. The van der Waals surface area contributed by atoms with E-state index in [1.165, 1.54) is 0 Å². The summed E-state index contributed by atoms with van der Waals surface area (Å²) in [6.07, 6.45) is -0.290. The highest BCUT2D eigenvalue weighted by Crippen LogP contribution is 2.43. The van der Waals surface area contributed by atoms with Crippen molar-refractivity contribution in [1.29, 1.82) is 0 Å². The first kappa shape index (κ1) is 17.6. The van der Waals surface area contributed by atoms with Crippen molar-refractivity contribution in [3.05, 3.63) is 23.8 Å². The van der Waals surface area contributed by atoms with Crippen LogP contribution >= 0.6 is 0 Å². The molecule has 1 aliphatic heterocycles. The Hall–Kier alpha value is -1.71. The van der Waals surface area contributed by atoms with Crippen molar-refractivity contribution in [1.82, 2.24) is 0 Å².